The third kappa shape index (κ3) is 7.92. The summed E-state index contributed by atoms with van der Waals surface area (Å²) >= 11 is 3.40. The Hall–Kier alpha value is -0.863. The number of hydrogen-bond acceptors (Lipinski definition) is 4. The first-order valence-corrected chi connectivity index (χ1v) is 12.2. The predicted octanol–water partition coefficient (Wildman–Crippen LogP) is 4.56. The van der Waals surface area contributed by atoms with E-state index in [4.69, 9.17) is 9.16 Å². The average molecular weight is 434 g/mol. The molecular weight excluding hydrogens is 402 g/mol. The Labute approximate surface area is 160 Å². The van der Waals surface area contributed by atoms with Gasteiger partial charge in [0, 0.05) is 11.7 Å². The monoisotopic (exact) mass is 433 g/mol. The van der Waals surface area contributed by atoms with Gasteiger partial charge in [-0.05, 0) is 54.8 Å². The Kier molecular flexibility index (Phi) is 7.29. The summed E-state index contributed by atoms with van der Waals surface area (Å²) in [7, 11) is -2.00. The quantitative estimate of drug-likeness (QED) is 0.667. The lowest BCUT2D eigenvalue weighted by Crippen LogP contribution is -2.47. The third-order valence-electron chi connectivity index (χ3n) is 4.14. The Morgan fingerprint density at radius 3 is 2.36 bits per heavy atom. The third-order valence-corrected chi connectivity index (χ3v) is 9.08. The summed E-state index contributed by atoms with van der Waals surface area (Å²) in [5.74, 6) is 0. The van der Waals surface area contributed by atoms with Crippen molar-refractivity contribution in [2.45, 2.75) is 77.9 Å². The summed E-state index contributed by atoms with van der Waals surface area (Å²) in [4.78, 5) is 12.0. The zero-order valence-corrected chi connectivity index (χ0v) is 19.2. The molecule has 1 atom stereocenters. The molecule has 0 aliphatic rings. The van der Waals surface area contributed by atoms with Crippen molar-refractivity contribution < 1.29 is 14.0 Å². The van der Waals surface area contributed by atoms with Crippen LogP contribution in [0.2, 0.25) is 18.1 Å². The molecule has 6 nitrogen and oxygen atoms in total. The highest BCUT2D eigenvalue weighted by Gasteiger charge is 2.39. The van der Waals surface area contributed by atoms with E-state index in [0.717, 1.165) is 4.47 Å². The Balaban J connectivity index is 2.79. The molecule has 144 valence electrons. The summed E-state index contributed by atoms with van der Waals surface area (Å²) < 4.78 is 14.6. The largest absolute Gasteiger partial charge is 0.447 e. The molecule has 1 amide bonds. The number of nitrogens with zero attached hydrogens (tertiary/aromatic N) is 2. The maximum atomic E-state index is 12.0. The van der Waals surface area contributed by atoms with Gasteiger partial charge < -0.3 is 14.5 Å². The standard InChI is InChI=1S/C17H32BrN3O3Si/c1-16(2,3)20-15(22)23-12-14(11-21-10-13(18)9-19-21)24-25(7,8)17(4,5)6/h9-10,14H,11-12H2,1-8H3,(H,20,22)/t14-/m0/s1. The maximum Gasteiger partial charge on any atom is 0.407 e. The van der Waals surface area contributed by atoms with E-state index in [0.29, 0.717) is 6.54 Å². The number of halogens is 1. The van der Waals surface area contributed by atoms with Crippen molar-refractivity contribution in [1.29, 1.82) is 0 Å². The molecule has 0 bridgehead atoms. The Morgan fingerprint density at radius 2 is 1.92 bits per heavy atom. The van der Waals surface area contributed by atoms with E-state index in [-0.39, 0.29) is 23.3 Å². The highest BCUT2D eigenvalue weighted by molar-refractivity contribution is 9.10. The van der Waals surface area contributed by atoms with Gasteiger partial charge in [0.15, 0.2) is 8.32 Å². The number of rotatable bonds is 6. The fourth-order valence-electron chi connectivity index (χ4n) is 1.88. The van der Waals surface area contributed by atoms with Crippen LogP contribution in [0, 0.1) is 0 Å². The first kappa shape index (κ1) is 22.2. The minimum absolute atomic E-state index is 0.0730. The fourth-order valence-corrected chi connectivity index (χ4v) is 3.53. The van der Waals surface area contributed by atoms with Crippen LogP contribution in [0.1, 0.15) is 41.5 Å². The summed E-state index contributed by atoms with van der Waals surface area (Å²) in [6, 6.07) is 0. The number of nitrogens with one attached hydrogen (secondary N) is 1. The number of hydrogen-bond donors (Lipinski definition) is 1. The normalized spacial score (nSPS) is 14.3. The van der Waals surface area contributed by atoms with Crippen LogP contribution in [0.5, 0.6) is 0 Å². The maximum absolute atomic E-state index is 12.0. The lowest BCUT2D eigenvalue weighted by molar-refractivity contribution is 0.0599. The molecule has 1 N–H and O–H groups in total. The first-order chi connectivity index (χ1) is 11.2. The number of carbonyl (C=O) groups excluding carboxylic acids is 1. The highest BCUT2D eigenvalue weighted by Crippen LogP contribution is 2.37. The zero-order chi connectivity index (χ0) is 19.5. The second kappa shape index (κ2) is 8.22. The van der Waals surface area contributed by atoms with E-state index in [9.17, 15) is 4.79 Å². The number of alkyl carbamates (subject to hydrolysis) is 1. The van der Waals surface area contributed by atoms with Crippen molar-refractivity contribution >= 4 is 30.3 Å². The SMILES string of the molecule is CC(C)(C)NC(=O)OC[C@H](Cn1cc(Br)cn1)O[Si](C)(C)C(C)(C)C. The molecule has 0 saturated carbocycles. The van der Waals surface area contributed by atoms with Crippen LogP contribution < -0.4 is 5.32 Å². The molecule has 0 radical (unpaired) electrons. The van der Waals surface area contributed by atoms with Crippen LogP contribution in [0.4, 0.5) is 4.79 Å². The van der Waals surface area contributed by atoms with Crippen LogP contribution in [0.25, 0.3) is 0 Å². The number of aromatic nitrogens is 2. The molecular formula is C17H32BrN3O3Si. The molecule has 1 aromatic heterocycles. The van der Waals surface area contributed by atoms with E-state index in [2.05, 4.69) is 60.2 Å². The van der Waals surface area contributed by atoms with Crippen LogP contribution in [-0.2, 0) is 15.7 Å². The van der Waals surface area contributed by atoms with Gasteiger partial charge in [-0.3, -0.25) is 4.68 Å². The van der Waals surface area contributed by atoms with E-state index in [1.165, 1.54) is 0 Å². The molecule has 0 saturated heterocycles. The number of amides is 1. The molecule has 0 aliphatic carbocycles. The van der Waals surface area contributed by atoms with Crippen LogP contribution in [0.3, 0.4) is 0 Å². The first-order valence-electron chi connectivity index (χ1n) is 8.50. The van der Waals surface area contributed by atoms with Crippen molar-refractivity contribution in [3.8, 4) is 0 Å². The number of ether oxygens (including phenoxy) is 1. The van der Waals surface area contributed by atoms with Crippen molar-refractivity contribution in [2.24, 2.45) is 0 Å². The van der Waals surface area contributed by atoms with Gasteiger partial charge in [-0.1, -0.05) is 20.8 Å². The van der Waals surface area contributed by atoms with Crippen molar-refractivity contribution in [3.63, 3.8) is 0 Å². The summed E-state index contributed by atoms with van der Waals surface area (Å²) in [6.07, 6.45) is 2.93. The molecule has 0 fully saturated rings. The van der Waals surface area contributed by atoms with Crippen LogP contribution >= 0.6 is 15.9 Å². The van der Waals surface area contributed by atoms with Gasteiger partial charge in [0.05, 0.1) is 23.3 Å². The molecule has 1 aromatic rings. The van der Waals surface area contributed by atoms with Crippen molar-refractivity contribution in [3.05, 3.63) is 16.9 Å². The minimum Gasteiger partial charge on any atom is -0.447 e. The topological polar surface area (TPSA) is 65.4 Å². The van der Waals surface area contributed by atoms with Gasteiger partial charge in [-0.2, -0.15) is 5.10 Å². The van der Waals surface area contributed by atoms with Gasteiger partial charge in [-0.25, -0.2) is 4.79 Å². The molecule has 25 heavy (non-hydrogen) atoms. The molecule has 1 heterocycles. The molecule has 8 heteroatoms. The Bertz CT molecular complexity index is 576. The molecule has 0 aliphatic heterocycles. The molecule has 1 rings (SSSR count). The molecule has 0 unspecified atom stereocenters. The van der Waals surface area contributed by atoms with Crippen LogP contribution in [0.15, 0.2) is 16.9 Å². The zero-order valence-electron chi connectivity index (χ0n) is 16.6. The predicted molar refractivity (Wildman–Crippen MR) is 106 cm³/mol. The fraction of sp³-hybridized carbons (Fsp3) is 0.765. The smallest absolute Gasteiger partial charge is 0.407 e. The Morgan fingerprint density at radius 1 is 1.32 bits per heavy atom. The van der Waals surface area contributed by atoms with Gasteiger partial charge >= 0.3 is 6.09 Å². The lowest BCUT2D eigenvalue weighted by atomic mass is 10.1. The summed E-state index contributed by atoms with van der Waals surface area (Å²) in [5, 5.41) is 7.16. The van der Waals surface area contributed by atoms with E-state index in [1.807, 2.05) is 27.0 Å². The molecule has 0 aromatic carbocycles. The second-order valence-corrected chi connectivity index (χ2v) is 14.5. The summed E-state index contributed by atoms with van der Waals surface area (Å²) in [6.45, 7) is 17.4. The van der Waals surface area contributed by atoms with Crippen molar-refractivity contribution in [1.82, 2.24) is 15.1 Å². The van der Waals surface area contributed by atoms with Gasteiger partial charge in [0.25, 0.3) is 0 Å². The number of carbonyl (C=O) groups is 1. The lowest BCUT2D eigenvalue weighted by Gasteiger charge is -2.39. The summed E-state index contributed by atoms with van der Waals surface area (Å²) in [5.41, 5.74) is -0.334. The van der Waals surface area contributed by atoms with Crippen molar-refractivity contribution in [2.75, 3.05) is 6.61 Å². The highest BCUT2D eigenvalue weighted by atomic mass is 79.9. The van der Waals surface area contributed by atoms with E-state index in [1.54, 1.807) is 10.9 Å². The van der Waals surface area contributed by atoms with Gasteiger partial charge in [0.1, 0.15) is 6.61 Å². The van der Waals surface area contributed by atoms with Crippen LogP contribution in [-0.4, -0.2) is 42.4 Å². The van der Waals surface area contributed by atoms with Gasteiger partial charge in [0.2, 0.25) is 0 Å². The van der Waals surface area contributed by atoms with E-state index < -0.39 is 14.4 Å². The second-order valence-electron chi connectivity index (χ2n) is 8.85. The van der Waals surface area contributed by atoms with Gasteiger partial charge in [-0.15, -0.1) is 0 Å². The molecule has 0 spiro atoms. The average Bonchev–Trinajstić information content (AvgIpc) is 2.77. The minimum atomic E-state index is -2.00. The van der Waals surface area contributed by atoms with E-state index >= 15 is 0 Å².